The van der Waals surface area contributed by atoms with Crippen LogP contribution in [0.4, 0.5) is 16.4 Å². The number of thioether (sulfide) groups is 1. The van der Waals surface area contributed by atoms with E-state index in [9.17, 15) is 9.59 Å². The molecule has 2 aromatic rings. The summed E-state index contributed by atoms with van der Waals surface area (Å²) in [5.41, 5.74) is 1.78. The van der Waals surface area contributed by atoms with Crippen LogP contribution >= 0.6 is 11.8 Å². The minimum atomic E-state index is -0.295. The normalized spacial score (nSPS) is 19.3. The maximum absolute atomic E-state index is 12.0. The summed E-state index contributed by atoms with van der Waals surface area (Å²) in [4.78, 5) is 42.6. The first-order valence-electron chi connectivity index (χ1n) is 8.56. The average Bonchev–Trinajstić information content (AvgIpc) is 2.96. The van der Waals surface area contributed by atoms with E-state index >= 15 is 0 Å². The first kappa shape index (κ1) is 17.5. The first-order chi connectivity index (χ1) is 13.1. The molecule has 2 amide bonds. The molecule has 27 heavy (non-hydrogen) atoms. The molecule has 4 rings (SSSR count). The van der Waals surface area contributed by atoms with Crippen molar-refractivity contribution in [1.29, 1.82) is 0 Å². The van der Waals surface area contributed by atoms with E-state index in [1.54, 1.807) is 30.7 Å². The highest BCUT2D eigenvalue weighted by atomic mass is 32.2. The van der Waals surface area contributed by atoms with Gasteiger partial charge in [0.25, 0.3) is 11.1 Å². The number of aromatic nitrogens is 3. The van der Waals surface area contributed by atoms with Crippen LogP contribution < -0.4 is 9.80 Å². The Balaban J connectivity index is 1.46. The van der Waals surface area contributed by atoms with Crippen LogP contribution in [0.25, 0.3) is 6.08 Å². The number of hydrogen-bond acceptors (Lipinski definition) is 8. The van der Waals surface area contributed by atoms with Gasteiger partial charge in [-0.15, -0.1) is 0 Å². The molecule has 2 aliphatic heterocycles. The van der Waals surface area contributed by atoms with Gasteiger partial charge >= 0.3 is 0 Å². The summed E-state index contributed by atoms with van der Waals surface area (Å²) >= 11 is 0.929. The Kier molecular flexibility index (Phi) is 4.76. The maximum atomic E-state index is 12.0. The van der Waals surface area contributed by atoms with Crippen molar-refractivity contribution >= 4 is 40.6 Å². The molecule has 0 radical (unpaired) electrons. The van der Waals surface area contributed by atoms with Gasteiger partial charge in [-0.25, -0.2) is 9.97 Å². The number of amides is 2. The van der Waals surface area contributed by atoms with Gasteiger partial charge in [0.15, 0.2) is 0 Å². The molecule has 2 saturated heterocycles. The molecule has 0 aromatic carbocycles. The number of nitrogens with zero attached hydrogens (tertiary/aromatic N) is 6. The zero-order chi connectivity index (χ0) is 18.8. The van der Waals surface area contributed by atoms with Gasteiger partial charge in [0.2, 0.25) is 5.95 Å². The zero-order valence-corrected chi connectivity index (χ0v) is 15.6. The van der Waals surface area contributed by atoms with Crippen molar-refractivity contribution in [2.75, 3.05) is 43.0 Å². The smallest absolute Gasteiger partial charge is 0.293 e. The van der Waals surface area contributed by atoms with Crippen molar-refractivity contribution in [3.05, 3.63) is 47.4 Å². The molecule has 0 saturated carbocycles. The van der Waals surface area contributed by atoms with Crippen LogP contribution in [0.5, 0.6) is 0 Å². The van der Waals surface area contributed by atoms with Crippen molar-refractivity contribution in [1.82, 2.24) is 19.9 Å². The Morgan fingerprint density at radius 3 is 2.37 bits per heavy atom. The molecule has 0 unspecified atom stereocenters. The predicted molar refractivity (Wildman–Crippen MR) is 104 cm³/mol. The third-order valence-corrected chi connectivity index (χ3v) is 5.48. The van der Waals surface area contributed by atoms with E-state index in [1.165, 1.54) is 7.05 Å². The van der Waals surface area contributed by atoms with Crippen LogP contribution in [0, 0.1) is 0 Å². The average molecular weight is 382 g/mol. The molecular weight excluding hydrogens is 364 g/mol. The Labute approximate surface area is 160 Å². The van der Waals surface area contributed by atoms with E-state index in [-0.39, 0.29) is 11.1 Å². The standard InChI is InChI=1S/C18H18N6O2S/c1-22-16(25)15(27-18(22)26)12-13-2-7-20-17(21-13)24-10-8-23(9-11-24)14-3-5-19-6-4-14/h2-7,12H,8-11H2,1H3/b15-12-. The highest BCUT2D eigenvalue weighted by molar-refractivity contribution is 8.18. The molecule has 0 atom stereocenters. The van der Waals surface area contributed by atoms with Crippen LogP contribution in [-0.4, -0.2) is 64.2 Å². The van der Waals surface area contributed by atoms with Gasteiger partial charge < -0.3 is 9.80 Å². The second-order valence-corrected chi connectivity index (χ2v) is 7.19. The van der Waals surface area contributed by atoms with Crippen LogP contribution in [0.3, 0.4) is 0 Å². The Bertz CT molecular complexity index is 896. The van der Waals surface area contributed by atoms with E-state index in [1.807, 2.05) is 12.1 Å². The lowest BCUT2D eigenvalue weighted by Crippen LogP contribution is -2.47. The van der Waals surface area contributed by atoms with Gasteiger partial charge in [0.1, 0.15) is 0 Å². The van der Waals surface area contributed by atoms with Crippen LogP contribution in [0.2, 0.25) is 0 Å². The summed E-state index contributed by atoms with van der Waals surface area (Å²) in [6, 6.07) is 5.75. The third kappa shape index (κ3) is 3.63. The van der Waals surface area contributed by atoms with E-state index in [2.05, 4.69) is 24.8 Å². The fourth-order valence-electron chi connectivity index (χ4n) is 2.99. The SMILES string of the molecule is CN1C(=O)S/C(=C\c2ccnc(N3CCN(c4ccncc4)CC3)n2)C1=O. The lowest BCUT2D eigenvalue weighted by molar-refractivity contribution is -0.121. The molecule has 0 aliphatic carbocycles. The summed E-state index contributed by atoms with van der Waals surface area (Å²) in [6.45, 7) is 3.34. The molecular formula is C18H18N6O2S. The molecule has 0 bridgehead atoms. The van der Waals surface area contributed by atoms with Crippen LogP contribution in [0.15, 0.2) is 41.7 Å². The maximum Gasteiger partial charge on any atom is 0.293 e. The Hall–Kier alpha value is -2.94. The van der Waals surface area contributed by atoms with E-state index in [0.717, 1.165) is 48.5 Å². The minimum absolute atomic E-state index is 0.271. The van der Waals surface area contributed by atoms with E-state index < -0.39 is 0 Å². The van der Waals surface area contributed by atoms with Crippen LogP contribution in [0.1, 0.15) is 5.69 Å². The second-order valence-electron chi connectivity index (χ2n) is 6.20. The number of pyridine rings is 1. The number of carbonyl (C=O) groups excluding carboxylic acids is 2. The summed E-state index contributed by atoms with van der Waals surface area (Å²) in [6.07, 6.45) is 6.92. The molecule has 8 nitrogen and oxygen atoms in total. The zero-order valence-electron chi connectivity index (χ0n) is 14.8. The van der Waals surface area contributed by atoms with Gasteiger partial charge in [-0.2, -0.15) is 0 Å². The monoisotopic (exact) mass is 382 g/mol. The van der Waals surface area contributed by atoms with E-state index in [0.29, 0.717) is 16.5 Å². The van der Waals surface area contributed by atoms with Crippen molar-refractivity contribution in [3.63, 3.8) is 0 Å². The Morgan fingerprint density at radius 1 is 1.00 bits per heavy atom. The fourth-order valence-corrected chi connectivity index (χ4v) is 3.81. The van der Waals surface area contributed by atoms with Crippen LogP contribution in [-0.2, 0) is 4.79 Å². The predicted octanol–water partition coefficient (Wildman–Crippen LogP) is 1.86. The minimum Gasteiger partial charge on any atom is -0.368 e. The van der Waals surface area contributed by atoms with Gasteiger partial charge in [0.05, 0.1) is 10.6 Å². The first-order valence-corrected chi connectivity index (χ1v) is 9.38. The Morgan fingerprint density at radius 2 is 1.70 bits per heavy atom. The fraction of sp³-hybridized carbons (Fsp3) is 0.278. The van der Waals surface area contributed by atoms with Gasteiger partial charge in [0, 0.05) is 57.5 Å². The molecule has 2 aliphatic rings. The molecule has 138 valence electrons. The number of rotatable bonds is 3. The highest BCUT2D eigenvalue weighted by Gasteiger charge is 2.32. The third-order valence-electron chi connectivity index (χ3n) is 4.52. The summed E-state index contributed by atoms with van der Waals surface area (Å²) in [5, 5.41) is -0.271. The van der Waals surface area contributed by atoms with Crippen molar-refractivity contribution in [3.8, 4) is 0 Å². The molecule has 2 fully saturated rings. The number of likely N-dealkylation sites (N-methyl/N-ethyl adjacent to an activating group) is 1. The summed E-state index contributed by atoms with van der Waals surface area (Å²) < 4.78 is 0. The number of imide groups is 1. The number of anilines is 2. The quantitative estimate of drug-likeness (QED) is 0.744. The highest BCUT2D eigenvalue weighted by Crippen LogP contribution is 2.30. The summed E-state index contributed by atoms with van der Waals surface area (Å²) in [5.74, 6) is 0.338. The number of carbonyl (C=O) groups is 2. The van der Waals surface area contributed by atoms with E-state index in [4.69, 9.17) is 0 Å². The molecule has 0 spiro atoms. The second kappa shape index (κ2) is 7.36. The van der Waals surface area contributed by atoms with Crippen molar-refractivity contribution < 1.29 is 9.59 Å². The molecule has 2 aromatic heterocycles. The topological polar surface area (TPSA) is 82.5 Å². The largest absolute Gasteiger partial charge is 0.368 e. The van der Waals surface area contributed by atoms with Gasteiger partial charge in [-0.05, 0) is 36.0 Å². The van der Waals surface area contributed by atoms with Gasteiger partial charge in [-0.3, -0.25) is 19.5 Å². The molecule has 0 N–H and O–H groups in total. The van der Waals surface area contributed by atoms with Crippen molar-refractivity contribution in [2.24, 2.45) is 0 Å². The molecule has 4 heterocycles. The molecule has 9 heteroatoms. The van der Waals surface area contributed by atoms with Gasteiger partial charge in [-0.1, -0.05) is 0 Å². The lowest BCUT2D eigenvalue weighted by atomic mass is 10.2. The summed E-state index contributed by atoms with van der Waals surface area (Å²) in [7, 11) is 1.48. The number of piperazine rings is 1. The van der Waals surface area contributed by atoms with Crippen molar-refractivity contribution in [2.45, 2.75) is 0 Å². The number of hydrogen-bond donors (Lipinski definition) is 0. The lowest BCUT2D eigenvalue weighted by Gasteiger charge is -2.36.